The van der Waals surface area contributed by atoms with Gasteiger partial charge in [0.1, 0.15) is 23.9 Å². The van der Waals surface area contributed by atoms with E-state index < -0.39 is 17.8 Å². The van der Waals surface area contributed by atoms with Gasteiger partial charge < -0.3 is 9.84 Å². The van der Waals surface area contributed by atoms with Crippen molar-refractivity contribution < 1.29 is 14.9 Å². The second kappa shape index (κ2) is 1.61. The van der Waals surface area contributed by atoms with Crippen LogP contribution in [-0.2, 0) is 9.84 Å². The molecular weight excluding hydrogens is 132 g/mol. The van der Waals surface area contributed by atoms with Crippen molar-refractivity contribution in [2.45, 2.75) is 30.8 Å². The Bertz CT molecular complexity index is 189. The summed E-state index contributed by atoms with van der Waals surface area (Å²) in [7, 11) is 0. The van der Waals surface area contributed by atoms with Crippen LogP contribution in [0.4, 0.5) is 0 Å². The smallest absolute Gasteiger partial charge is 0.140 e. The molecule has 3 nitrogen and oxygen atoms in total. The molecule has 0 amide bonds. The fraction of sp³-hybridized carbons (Fsp3) is 0.714. The van der Waals surface area contributed by atoms with E-state index in [9.17, 15) is 10.2 Å². The zero-order chi connectivity index (χ0) is 7.35. The molecular formula is C7H9O3. The van der Waals surface area contributed by atoms with Gasteiger partial charge >= 0.3 is 0 Å². The van der Waals surface area contributed by atoms with Crippen LogP contribution >= 0.6 is 0 Å². The molecule has 1 radical (unpaired) electrons. The Labute approximate surface area is 58.9 Å². The lowest BCUT2D eigenvalue weighted by molar-refractivity contribution is -0.0352. The number of aliphatic hydroxyl groups is 1. The molecule has 0 aromatic carbocycles. The molecule has 1 heterocycles. The van der Waals surface area contributed by atoms with Crippen molar-refractivity contribution in [2.75, 3.05) is 0 Å². The minimum Gasteiger partial charge on any atom is -0.387 e. The standard InChI is InChI=1S/C7H9O3/c1-7-5(10-7)3-2-4(8)6(7)9/h2-6,9H,1H3/t4-,5+,6-,7+/m0/s1. The highest BCUT2D eigenvalue weighted by atomic mass is 16.6. The normalized spacial score (nSPS) is 58.1. The van der Waals surface area contributed by atoms with Gasteiger partial charge in [-0.2, -0.15) is 0 Å². The van der Waals surface area contributed by atoms with Crippen LogP contribution in [0.5, 0.6) is 0 Å². The van der Waals surface area contributed by atoms with E-state index in [0.717, 1.165) is 0 Å². The van der Waals surface area contributed by atoms with Gasteiger partial charge in [0.2, 0.25) is 0 Å². The van der Waals surface area contributed by atoms with Crippen molar-refractivity contribution in [1.29, 1.82) is 0 Å². The number of epoxide rings is 1. The molecule has 1 aliphatic carbocycles. The van der Waals surface area contributed by atoms with E-state index in [2.05, 4.69) is 0 Å². The van der Waals surface area contributed by atoms with Gasteiger partial charge in [-0.15, -0.1) is 0 Å². The van der Waals surface area contributed by atoms with E-state index in [1.54, 1.807) is 13.0 Å². The number of rotatable bonds is 0. The molecule has 1 N–H and O–H groups in total. The molecule has 0 bridgehead atoms. The van der Waals surface area contributed by atoms with E-state index in [4.69, 9.17) is 4.74 Å². The van der Waals surface area contributed by atoms with Crippen LogP contribution in [-0.4, -0.2) is 29.0 Å². The van der Waals surface area contributed by atoms with Gasteiger partial charge in [0, 0.05) is 0 Å². The molecule has 10 heavy (non-hydrogen) atoms. The lowest BCUT2D eigenvalue weighted by Crippen LogP contribution is -2.40. The summed E-state index contributed by atoms with van der Waals surface area (Å²) in [5.74, 6) is 0. The van der Waals surface area contributed by atoms with Crippen LogP contribution in [0.15, 0.2) is 12.2 Å². The molecule has 0 aromatic rings. The fourth-order valence-corrected chi connectivity index (χ4v) is 1.35. The third-order valence-electron chi connectivity index (χ3n) is 2.26. The molecule has 55 valence electrons. The Morgan fingerprint density at radius 3 is 2.90 bits per heavy atom. The molecule has 2 aliphatic rings. The van der Waals surface area contributed by atoms with Crippen molar-refractivity contribution in [3.05, 3.63) is 12.2 Å². The van der Waals surface area contributed by atoms with Crippen molar-refractivity contribution >= 4 is 0 Å². The first-order valence-corrected chi connectivity index (χ1v) is 3.34. The fourth-order valence-electron chi connectivity index (χ4n) is 1.35. The molecule has 2 rings (SSSR count). The average Bonchev–Trinajstić information content (AvgIpc) is 2.55. The lowest BCUT2D eigenvalue weighted by atomic mass is 9.91. The van der Waals surface area contributed by atoms with E-state index in [0.29, 0.717) is 0 Å². The van der Waals surface area contributed by atoms with Crippen molar-refractivity contribution in [2.24, 2.45) is 0 Å². The largest absolute Gasteiger partial charge is 0.387 e. The van der Waals surface area contributed by atoms with Gasteiger partial charge in [-0.3, -0.25) is 0 Å². The number of hydrogen-bond donors (Lipinski definition) is 1. The summed E-state index contributed by atoms with van der Waals surface area (Å²) in [6.45, 7) is 1.76. The van der Waals surface area contributed by atoms with Crippen LogP contribution < -0.4 is 0 Å². The summed E-state index contributed by atoms with van der Waals surface area (Å²) in [6.07, 6.45) is 1.29. The summed E-state index contributed by atoms with van der Waals surface area (Å²) in [5, 5.41) is 20.2. The quantitative estimate of drug-likeness (QED) is 0.377. The summed E-state index contributed by atoms with van der Waals surface area (Å²) in [6, 6.07) is 0. The first kappa shape index (κ1) is 6.34. The maximum Gasteiger partial charge on any atom is 0.140 e. The highest BCUT2D eigenvalue weighted by molar-refractivity contribution is 5.22. The predicted octanol–water partition coefficient (Wildman–Crippen LogP) is -0.126. The average molecular weight is 141 g/mol. The topological polar surface area (TPSA) is 52.7 Å². The third kappa shape index (κ3) is 0.599. The van der Waals surface area contributed by atoms with Crippen molar-refractivity contribution in [1.82, 2.24) is 0 Å². The molecule has 1 saturated heterocycles. The minimum absolute atomic E-state index is 0.0206. The molecule has 1 fully saturated rings. The third-order valence-corrected chi connectivity index (χ3v) is 2.26. The first-order chi connectivity index (χ1) is 4.64. The first-order valence-electron chi connectivity index (χ1n) is 3.34. The molecule has 0 unspecified atom stereocenters. The monoisotopic (exact) mass is 141 g/mol. The maximum atomic E-state index is 10.9. The van der Waals surface area contributed by atoms with Gasteiger partial charge in [0.25, 0.3) is 0 Å². The molecule has 0 spiro atoms. The van der Waals surface area contributed by atoms with Gasteiger partial charge in [0.05, 0.1) is 0 Å². The SMILES string of the molecule is C[C@@]12O[C@@H]1C=C[C@H]([O])[C@@H]2O. The molecule has 0 saturated carbocycles. The van der Waals surface area contributed by atoms with Gasteiger partial charge in [-0.1, -0.05) is 12.2 Å². The van der Waals surface area contributed by atoms with E-state index in [1.807, 2.05) is 0 Å². The maximum absolute atomic E-state index is 10.9. The van der Waals surface area contributed by atoms with Crippen molar-refractivity contribution in [3.8, 4) is 0 Å². The van der Waals surface area contributed by atoms with Crippen LogP contribution in [0.1, 0.15) is 6.92 Å². The summed E-state index contributed by atoms with van der Waals surface area (Å²) in [5.41, 5.74) is -0.568. The summed E-state index contributed by atoms with van der Waals surface area (Å²) >= 11 is 0. The Kier molecular flexibility index (Phi) is 1.02. The lowest BCUT2D eigenvalue weighted by Gasteiger charge is -2.19. The minimum atomic E-state index is -1.01. The van der Waals surface area contributed by atoms with Crippen LogP contribution in [0, 0.1) is 0 Å². The Morgan fingerprint density at radius 1 is 1.60 bits per heavy atom. The molecule has 3 heteroatoms. The Hall–Kier alpha value is -0.380. The number of ether oxygens (including phenoxy) is 1. The van der Waals surface area contributed by atoms with Crippen LogP contribution in [0.25, 0.3) is 0 Å². The zero-order valence-electron chi connectivity index (χ0n) is 5.65. The number of aliphatic hydroxyl groups excluding tert-OH is 1. The highest BCUT2D eigenvalue weighted by Gasteiger charge is 2.60. The second-order valence-corrected chi connectivity index (χ2v) is 3.02. The van der Waals surface area contributed by atoms with E-state index >= 15 is 0 Å². The number of fused-ring (bicyclic) bond motifs is 1. The highest BCUT2D eigenvalue weighted by Crippen LogP contribution is 2.44. The predicted molar refractivity (Wildman–Crippen MR) is 32.9 cm³/mol. The van der Waals surface area contributed by atoms with Crippen LogP contribution in [0.3, 0.4) is 0 Å². The van der Waals surface area contributed by atoms with Crippen LogP contribution in [0.2, 0.25) is 0 Å². The molecule has 0 aromatic heterocycles. The van der Waals surface area contributed by atoms with Gasteiger partial charge in [-0.05, 0) is 6.92 Å². The Morgan fingerprint density at radius 2 is 2.30 bits per heavy atom. The summed E-state index contributed by atoms with van der Waals surface area (Å²) < 4.78 is 5.11. The Balaban J connectivity index is 2.26. The van der Waals surface area contributed by atoms with Crippen molar-refractivity contribution in [3.63, 3.8) is 0 Å². The molecule has 1 aliphatic heterocycles. The zero-order valence-corrected chi connectivity index (χ0v) is 5.65. The second-order valence-electron chi connectivity index (χ2n) is 3.02. The summed E-state index contributed by atoms with van der Waals surface area (Å²) in [4.78, 5) is 0. The van der Waals surface area contributed by atoms with Gasteiger partial charge in [0.15, 0.2) is 0 Å². The van der Waals surface area contributed by atoms with Gasteiger partial charge in [-0.25, -0.2) is 5.11 Å². The van der Waals surface area contributed by atoms with E-state index in [1.165, 1.54) is 6.08 Å². The number of hydrogen-bond acceptors (Lipinski definition) is 2. The van der Waals surface area contributed by atoms with E-state index in [-0.39, 0.29) is 6.10 Å². The molecule has 4 atom stereocenters.